The first-order valence-corrected chi connectivity index (χ1v) is 7.52. The first-order valence-electron chi connectivity index (χ1n) is 5.87. The first kappa shape index (κ1) is 13.5. The van der Waals surface area contributed by atoms with Crippen molar-refractivity contribution in [3.05, 3.63) is 36.4 Å². The maximum absolute atomic E-state index is 12.3. The molecule has 2 rings (SSSR count). The smallest absolute Gasteiger partial charge is 0.185 e. The Bertz CT molecular complexity index is 659. The molecule has 0 atom stereocenters. The Balaban J connectivity index is 2.31. The molecule has 102 valence electrons. The Morgan fingerprint density at radius 1 is 1.26 bits per heavy atom. The van der Waals surface area contributed by atoms with E-state index in [0.29, 0.717) is 11.5 Å². The highest BCUT2D eigenvalue weighted by Crippen LogP contribution is 2.18. The van der Waals surface area contributed by atoms with Crippen LogP contribution in [-0.2, 0) is 15.6 Å². The van der Waals surface area contributed by atoms with Gasteiger partial charge in [-0.3, -0.25) is 0 Å². The summed E-state index contributed by atoms with van der Waals surface area (Å²) < 4.78 is 26.1. The first-order chi connectivity index (χ1) is 8.90. The lowest BCUT2D eigenvalue weighted by Crippen LogP contribution is -2.13. The van der Waals surface area contributed by atoms with Crippen LogP contribution >= 0.6 is 0 Å². The monoisotopic (exact) mass is 280 g/mol. The highest BCUT2D eigenvalue weighted by atomic mass is 32.2. The molecular formula is C12H16N4O2S. The van der Waals surface area contributed by atoms with E-state index in [1.54, 1.807) is 16.8 Å². The molecule has 2 aromatic rings. The molecule has 0 amide bonds. The van der Waals surface area contributed by atoms with Gasteiger partial charge in [0, 0.05) is 11.7 Å². The van der Waals surface area contributed by atoms with Crippen LogP contribution in [0.25, 0.3) is 0 Å². The van der Waals surface area contributed by atoms with E-state index in [-0.39, 0.29) is 16.7 Å². The molecule has 1 aromatic heterocycles. The van der Waals surface area contributed by atoms with E-state index in [9.17, 15) is 8.42 Å². The van der Waals surface area contributed by atoms with Gasteiger partial charge < -0.3 is 5.73 Å². The second-order valence-corrected chi connectivity index (χ2v) is 6.53. The molecule has 1 heterocycles. The van der Waals surface area contributed by atoms with Gasteiger partial charge in [0.05, 0.1) is 4.90 Å². The van der Waals surface area contributed by atoms with E-state index in [2.05, 4.69) is 10.1 Å². The maximum Gasteiger partial charge on any atom is 0.185 e. The number of aromatic nitrogens is 3. The Kier molecular flexibility index (Phi) is 3.57. The number of anilines is 1. The van der Waals surface area contributed by atoms with Crippen LogP contribution in [0, 0.1) is 0 Å². The molecule has 0 fully saturated rings. The van der Waals surface area contributed by atoms with Crippen molar-refractivity contribution in [2.75, 3.05) is 5.73 Å². The summed E-state index contributed by atoms with van der Waals surface area (Å²) in [4.78, 5) is 4.25. The fourth-order valence-corrected chi connectivity index (χ4v) is 3.00. The Hall–Kier alpha value is -1.89. The number of nitrogen functional groups attached to an aromatic ring is 1. The highest BCUT2D eigenvalue weighted by molar-refractivity contribution is 7.90. The summed E-state index contributed by atoms with van der Waals surface area (Å²) in [6.07, 6.45) is 1.37. The van der Waals surface area contributed by atoms with Crippen molar-refractivity contribution in [3.8, 4) is 0 Å². The third-order valence-electron chi connectivity index (χ3n) is 2.69. The molecular weight excluding hydrogens is 264 g/mol. The van der Waals surface area contributed by atoms with Gasteiger partial charge in [0.2, 0.25) is 0 Å². The topological polar surface area (TPSA) is 90.9 Å². The van der Waals surface area contributed by atoms with Gasteiger partial charge in [-0.05, 0) is 38.1 Å². The normalized spacial score (nSPS) is 11.9. The van der Waals surface area contributed by atoms with E-state index in [4.69, 9.17) is 5.73 Å². The lowest BCUT2D eigenvalue weighted by Gasteiger charge is -2.09. The van der Waals surface area contributed by atoms with Crippen LogP contribution < -0.4 is 5.73 Å². The molecule has 0 aliphatic rings. The molecule has 0 bridgehead atoms. The highest BCUT2D eigenvalue weighted by Gasteiger charge is 2.19. The molecule has 1 aromatic carbocycles. The largest absolute Gasteiger partial charge is 0.399 e. The number of hydrogen-bond acceptors (Lipinski definition) is 5. The van der Waals surface area contributed by atoms with E-state index < -0.39 is 9.84 Å². The SMILES string of the molecule is CC(C)n1ncnc1CS(=O)(=O)c1ccc(N)cc1. The Labute approximate surface area is 112 Å². The molecule has 0 unspecified atom stereocenters. The van der Waals surface area contributed by atoms with E-state index in [1.165, 1.54) is 18.5 Å². The van der Waals surface area contributed by atoms with Gasteiger partial charge in [-0.2, -0.15) is 5.10 Å². The number of nitrogens with two attached hydrogens (primary N) is 1. The summed E-state index contributed by atoms with van der Waals surface area (Å²) in [6.45, 7) is 3.85. The molecule has 0 saturated carbocycles. The molecule has 0 spiro atoms. The molecule has 2 N–H and O–H groups in total. The van der Waals surface area contributed by atoms with Gasteiger partial charge in [0.25, 0.3) is 0 Å². The fraction of sp³-hybridized carbons (Fsp3) is 0.333. The van der Waals surface area contributed by atoms with Crippen LogP contribution in [0.2, 0.25) is 0 Å². The van der Waals surface area contributed by atoms with Gasteiger partial charge in [0.1, 0.15) is 17.9 Å². The second kappa shape index (κ2) is 5.00. The van der Waals surface area contributed by atoms with Crippen LogP contribution in [0.5, 0.6) is 0 Å². The minimum atomic E-state index is -3.43. The van der Waals surface area contributed by atoms with E-state index in [0.717, 1.165) is 0 Å². The Morgan fingerprint density at radius 2 is 1.89 bits per heavy atom. The van der Waals surface area contributed by atoms with Gasteiger partial charge in [-0.25, -0.2) is 18.1 Å². The fourth-order valence-electron chi connectivity index (χ4n) is 1.74. The minimum Gasteiger partial charge on any atom is -0.399 e. The van der Waals surface area contributed by atoms with Gasteiger partial charge in [-0.15, -0.1) is 0 Å². The maximum atomic E-state index is 12.3. The summed E-state index contributed by atoms with van der Waals surface area (Å²) in [7, 11) is -3.43. The second-order valence-electron chi connectivity index (χ2n) is 4.54. The molecule has 19 heavy (non-hydrogen) atoms. The van der Waals surface area contributed by atoms with E-state index >= 15 is 0 Å². The zero-order chi connectivity index (χ0) is 14.0. The molecule has 7 heteroatoms. The van der Waals surface area contributed by atoms with Crippen molar-refractivity contribution < 1.29 is 8.42 Å². The third kappa shape index (κ3) is 2.93. The minimum absolute atomic E-state index is 0.0686. The van der Waals surface area contributed by atoms with Gasteiger partial charge in [-0.1, -0.05) is 0 Å². The van der Waals surface area contributed by atoms with Crippen molar-refractivity contribution in [1.29, 1.82) is 0 Å². The number of hydrogen-bond donors (Lipinski definition) is 1. The number of rotatable bonds is 4. The van der Waals surface area contributed by atoms with Crippen molar-refractivity contribution >= 4 is 15.5 Å². The van der Waals surface area contributed by atoms with Crippen LogP contribution in [0.3, 0.4) is 0 Å². The van der Waals surface area contributed by atoms with Crippen molar-refractivity contribution in [2.24, 2.45) is 0 Å². The summed E-state index contributed by atoms with van der Waals surface area (Å²) in [5, 5.41) is 4.03. The van der Waals surface area contributed by atoms with Crippen molar-refractivity contribution in [3.63, 3.8) is 0 Å². The van der Waals surface area contributed by atoms with Crippen molar-refractivity contribution in [2.45, 2.75) is 30.5 Å². The lowest BCUT2D eigenvalue weighted by molar-refractivity contribution is 0.510. The zero-order valence-electron chi connectivity index (χ0n) is 10.8. The lowest BCUT2D eigenvalue weighted by atomic mass is 10.3. The predicted molar refractivity (Wildman–Crippen MR) is 72.2 cm³/mol. The standard InChI is InChI=1S/C12H16N4O2S/c1-9(2)16-12(14-8-15-16)7-19(17,18)11-5-3-10(13)4-6-11/h3-6,8-9H,7,13H2,1-2H3. The summed E-state index contributed by atoms with van der Waals surface area (Å²) in [6, 6.07) is 6.21. The van der Waals surface area contributed by atoms with Crippen molar-refractivity contribution in [1.82, 2.24) is 14.8 Å². The zero-order valence-corrected chi connectivity index (χ0v) is 11.6. The Morgan fingerprint density at radius 3 is 2.47 bits per heavy atom. The summed E-state index contributed by atoms with van der Waals surface area (Å²) >= 11 is 0. The van der Waals surface area contributed by atoms with Crippen LogP contribution in [0.1, 0.15) is 25.7 Å². The van der Waals surface area contributed by atoms with Crippen LogP contribution in [-0.4, -0.2) is 23.2 Å². The molecule has 0 aliphatic carbocycles. The van der Waals surface area contributed by atoms with Gasteiger partial charge >= 0.3 is 0 Å². The van der Waals surface area contributed by atoms with Crippen LogP contribution in [0.15, 0.2) is 35.5 Å². The quantitative estimate of drug-likeness (QED) is 0.855. The summed E-state index contributed by atoms with van der Waals surface area (Å²) in [5.74, 6) is 0.265. The van der Waals surface area contributed by atoms with E-state index in [1.807, 2.05) is 13.8 Å². The average Bonchev–Trinajstić information content (AvgIpc) is 2.77. The molecule has 0 radical (unpaired) electrons. The molecule has 0 aliphatic heterocycles. The average molecular weight is 280 g/mol. The predicted octanol–water partition coefficient (Wildman–Crippen LogP) is 1.42. The number of sulfone groups is 1. The third-order valence-corrected chi connectivity index (χ3v) is 4.32. The summed E-state index contributed by atoms with van der Waals surface area (Å²) in [5.41, 5.74) is 6.08. The number of benzene rings is 1. The number of nitrogens with zero attached hydrogens (tertiary/aromatic N) is 3. The van der Waals surface area contributed by atoms with Gasteiger partial charge in [0.15, 0.2) is 9.84 Å². The van der Waals surface area contributed by atoms with Crippen LogP contribution in [0.4, 0.5) is 5.69 Å². The molecule has 0 saturated heterocycles. The molecule has 6 nitrogen and oxygen atoms in total.